The molecule has 1 aliphatic rings. The van der Waals surface area contributed by atoms with E-state index >= 15 is 0 Å². The number of rotatable bonds is 0. The van der Waals surface area contributed by atoms with Crippen LogP contribution in [0.1, 0.15) is 19.2 Å². The maximum absolute atomic E-state index is 10.7. The van der Waals surface area contributed by atoms with Crippen molar-refractivity contribution in [2.45, 2.75) is 26.0 Å². The number of hydrogen-bond donors (Lipinski definition) is 0. The summed E-state index contributed by atoms with van der Waals surface area (Å²) in [5.74, 6) is 0. The molecule has 5 heteroatoms. The van der Waals surface area contributed by atoms with Gasteiger partial charge in [0, 0.05) is 5.48 Å². The topological polar surface area (TPSA) is 52.6 Å². The van der Waals surface area contributed by atoms with Gasteiger partial charge in [0.25, 0.3) is 0 Å². The minimum Gasteiger partial charge on any atom is -0.242 e. The second-order valence-electron chi connectivity index (χ2n) is 1.53. The van der Waals surface area contributed by atoms with Gasteiger partial charge in [0.15, 0.2) is 0 Å². The zero-order chi connectivity index (χ0) is 10.2. The van der Waals surface area contributed by atoms with Gasteiger partial charge in [-0.3, -0.25) is 0 Å². The van der Waals surface area contributed by atoms with Crippen LogP contribution in [0, 0.1) is 0 Å². The molecular weight excluding hydrogens is 144 g/mol. The molecule has 0 N–H and O–H groups in total. The summed E-state index contributed by atoms with van der Waals surface area (Å²) in [5, 5.41) is 0. The Morgan fingerprint density at radius 2 is 1.78 bits per heavy atom. The highest BCUT2D eigenvalue weighted by atomic mass is 32.3. The Morgan fingerprint density at radius 3 is 2.11 bits per heavy atom. The van der Waals surface area contributed by atoms with Crippen LogP contribution in [0.5, 0.6) is 0 Å². The molecule has 1 rings (SSSR count). The van der Waals surface area contributed by atoms with Crippen molar-refractivity contribution in [1.29, 1.82) is 0 Å². The average molecular weight is 156 g/mol. The summed E-state index contributed by atoms with van der Waals surface area (Å²) < 4.78 is 57.4. The Morgan fingerprint density at radius 1 is 1.33 bits per heavy atom. The van der Waals surface area contributed by atoms with Crippen molar-refractivity contribution in [2.24, 2.45) is 0 Å². The van der Waals surface area contributed by atoms with E-state index in [1.54, 1.807) is 0 Å². The van der Waals surface area contributed by atoms with Crippen LogP contribution >= 0.6 is 0 Å². The Hall–Kier alpha value is -0.130. The summed E-state index contributed by atoms with van der Waals surface area (Å²) in [5.41, 5.74) is 0. The first-order chi connectivity index (χ1) is 5.83. The van der Waals surface area contributed by atoms with E-state index in [-0.39, 0.29) is 0 Å². The Labute approximate surface area is 59.7 Å². The molecule has 2 atom stereocenters. The smallest absolute Gasteiger partial charge is 0.242 e. The standard InChI is InChI=1S/C4H8O4S/c1-3-4(2)8-9(5,6)7-3/h3-4H,1-2H3/t3-,4-/m1/s1/i1D2,2D2. The van der Waals surface area contributed by atoms with Gasteiger partial charge >= 0.3 is 10.4 Å². The lowest BCUT2D eigenvalue weighted by molar-refractivity contribution is 0.187. The first kappa shape index (κ1) is 3.32. The van der Waals surface area contributed by atoms with E-state index in [9.17, 15) is 8.42 Å². The predicted molar refractivity (Wildman–Crippen MR) is 30.0 cm³/mol. The van der Waals surface area contributed by atoms with Crippen molar-refractivity contribution in [3.63, 3.8) is 0 Å². The molecule has 1 saturated heterocycles. The van der Waals surface area contributed by atoms with Crippen molar-refractivity contribution < 1.29 is 22.3 Å². The maximum atomic E-state index is 10.7. The van der Waals surface area contributed by atoms with E-state index in [0.29, 0.717) is 0 Å². The van der Waals surface area contributed by atoms with Gasteiger partial charge in [-0.15, -0.1) is 0 Å². The molecule has 9 heavy (non-hydrogen) atoms. The molecule has 0 aromatic rings. The molecule has 0 radical (unpaired) electrons. The maximum Gasteiger partial charge on any atom is 0.400 e. The molecule has 0 saturated carbocycles. The summed E-state index contributed by atoms with van der Waals surface area (Å²) >= 11 is 0. The molecule has 1 fully saturated rings. The zero-order valence-corrected chi connectivity index (χ0v) is 5.17. The van der Waals surface area contributed by atoms with E-state index < -0.39 is 36.4 Å². The van der Waals surface area contributed by atoms with Crippen LogP contribution in [-0.4, -0.2) is 20.6 Å². The van der Waals surface area contributed by atoms with Gasteiger partial charge in [-0.25, -0.2) is 8.37 Å². The van der Waals surface area contributed by atoms with Gasteiger partial charge < -0.3 is 0 Å². The van der Waals surface area contributed by atoms with Crippen LogP contribution < -0.4 is 0 Å². The van der Waals surface area contributed by atoms with Gasteiger partial charge in [0.05, 0.1) is 0 Å². The second-order valence-corrected chi connectivity index (χ2v) is 2.73. The first-order valence-electron chi connectivity index (χ1n) is 4.45. The molecule has 0 bridgehead atoms. The van der Waals surface area contributed by atoms with E-state index in [1.807, 2.05) is 0 Å². The van der Waals surface area contributed by atoms with Gasteiger partial charge in [-0.1, -0.05) is 0 Å². The molecule has 0 aromatic heterocycles. The predicted octanol–water partition coefficient (Wildman–Crippen LogP) is 0.0550. The fourth-order valence-electron chi connectivity index (χ4n) is 0.404. The lowest BCUT2D eigenvalue weighted by atomic mass is 10.3. The second kappa shape index (κ2) is 1.93. The molecule has 0 spiro atoms. The average Bonchev–Trinajstić information content (AvgIpc) is 2.26. The molecule has 1 heterocycles. The van der Waals surface area contributed by atoms with E-state index in [4.69, 9.17) is 5.48 Å². The summed E-state index contributed by atoms with van der Waals surface area (Å²) in [6.07, 6.45) is -2.77. The zero-order valence-electron chi connectivity index (χ0n) is 8.35. The van der Waals surface area contributed by atoms with E-state index in [2.05, 4.69) is 8.37 Å². The van der Waals surface area contributed by atoms with Gasteiger partial charge in [0.1, 0.15) is 12.2 Å². The molecular formula is C4H8O4S. The SMILES string of the molecule is [2H]C([2H])[C@H]1OS(=O)(=O)O[C@@H]1C([2H])[2H]. The van der Waals surface area contributed by atoms with Crippen LogP contribution in [0.2, 0.25) is 0 Å². The third kappa shape index (κ3) is 1.41. The van der Waals surface area contributed by atoms with Crippen LogP contribution in [0.3, 0.4) is 0 Å². The Kier molecular flexibility index (Phi) is 0.712. The highest BCUT2D eigenvalue weighted by Crippen LogP contribution is 2.18. The Balaban J connectivity index is 2.84. The van der Waals surface area contributed by atoms with Crippen molar-refractivity contribution >= 4 is 10.4 Å². The van der Waals surface area contributed by atoms with Crippen molar-refractivity contribution in [3.8, 4) is 0 Å². The van der Waals surface area contributed by atoms with Gasteiger partial charge in [0.2, 0.25) is 0 Å². The van der Waals surface area contributed by atoms with Crippen LogP contribution in [-0.2, 0) is 18.8 Å². The Bertz CT molecular complexity index is 254. The molecule has 54 valence electrons. The lowest BCUT2D eigenvalue weighted by Crippen LogP contribution is -2.13. The van der Waals surface area contributed by atoms with Crippen molar-refractivity contribution in [1.82, 2.24) is 0 Å². The van der Waals surface area contributed by atoms with E-state index in [0.717, 1.165) is 0 Å². The summed E-state index contributed by atoms with van der Waals surface area (Å²) in [6.45, 7) is -3.19. The normalized spacial score (nSPS) is 48.2. The van der Waals surface area contributed by atoms with Crippen LogP contribution in [0.25, 0.3) is 0 Å². The minimum absolute atomic E-state index is 1.38. The summed E-state index contributed by atoms with van der Waals surface area (Å²) in [6, 6.07) is 0. The first-order valence-corrected chi connectivity index (χ1v) is 3.47. The quantitative estimate of drug-likeness (QED) is 0.497. The largest absolute Gasteiger partial charge is 0.400 e. The van der Waals surface area contributed by atoms with Crippen molar-refractivity contribution in [2.75, 3.05) is 0 Å². The van der Waals surface area contributed by atoms with Crippen molar-refractivity contribution in [3.05, 3.63) is 0 Å². The van der Waals surface area contributed by atoms with Gasteiger partial charge in [-0.05, 0) is 13.8 Å². The monoisotopic (exact) mass is 156 g/mol. The third-order valence-electron chi connectivity index (χ3n) is 0.782. The highest BCUT2D eigenvalue weighted by molar-refractivity contribution is 7.82. The third-order valence-corrected chi connectivity index (χ3v) is 1.70. The minimum atomic E-state index is -4.21. The van der Waals surface area contributed by atoms with Crippen LogP contribution in [0.15, 0.2) is 0 Å². The molecule has 0 unspecified atom stereocenters. The molecule has 0 aromatic carbocycles. The molecule has 0 aliphatic carbocycles. The molecule has 0 amide bonds. The summed E-state index contributed by atoms with van der Waals surface area (Å²) in [4.78, 5) is 0. The fraction of sp³-hybridized carbons (Fsp3) is 1.00. The van der Waals surface area contributed by atoms with Crippen LogP contribution in [0.4, 0.5) is 0 Å². The molecule has 1 aliphatic heterocycles. The lowest BCUT2D eigenvalue weighted by Gasteiger charge is -1.98. The number of hydrogen-bond acceptors (Lipinski definition) is 4. The summed E-state index contributed by atoms with van der Waals surface area (Å²) in [7, 11) is -4.21. The highest BCUT2D eigenvalue weighted by Gasteiger charge is 2.33. The fourth-order valence-corrected chi connectivity index (χ4v) is 1.21. The molecule has 4 nitrogen and oxygen atoms in total. The van der Waals surface area contributed by atoms with E-state index in [1.165, 1.54) is 0 Å². The van der Waals surface area contributed by atoms with Gasteiger partial charge in [-0.2, -0.15) is 8.42 Å².